The molecule has 1 fully saturated rings. The number of ketones is 1. The monoisotopic (exact) mass is 471 g/mol. The molecule has 2 aromatic carbocycles. The van der Waals surface area contributed by atoms with Crippen molar-refractivity contribution in [2.75, 3.05) is 20.3 Å². The number of hydrogen-bond acceptors (Lipinski definition) is 5. The molecule has 176 valence electrons. The van der Waals surface area contributed by atoms with Crippen molar-refractivity contribution in [2.45, 2.75) is 46.1 Å². The fraction of sp³-hybridized carbons (Fsp3) is 0.385. The molecular weight excluding hydrogens is 442 g/mol. The molecule has 6 nitrogen and oxygen atoms in total. The fourth-order valence-electron chi connectivity index (χ4n) is 4.16. The van der Waals surface area contributed by atoms with Crippen molar-refractivity contribution < 1.29 is 24.2 Å². The van der Waals surface area contributed by atoms with Crippen molar-refractivity contribution in [2.24, 2.45) is 0 Å². The molecule has 1 heterocycles. The molecule has 33 heavy (non-hydrogen) atoms. The Morgan fingerprint density at radius 3 is 2.42 bits per heavy atom. The third-order valence-corrected chi connectivity index (χ3v) is 5.98. The molecule has 1 saturated heterocycles. The lowest BCUT2D eigenvalue weighted by atomic mass is 9.94. The van der Waals surface area contributed by atoms with Gasteiger partial charge < -0.3 is 19.5 Å². The maximum absolute atomic E-state index is 13.2. The molecule has 1 aliphatic heterocycles. The predicted molar refractivity (Wildman–Crippen MR) is 129 cm³/mol. The van der Waals surface area contributed by atoms with Crippen molar-refractivity contribution >= 4 is 29.1 Å². The highest BCUT2D eigenvalue weighted by Gasteiger charge is 2.46. The van der Waals surface area contributed by atoms with Gasteiger partial charge >= 0.3 is 0 Å². The fourth-order valence-corrected chi connectivity index (χ4v) is 4.51. The lowest BCUT2D eigenvalue weighted by Crippen LogP contribution is -2.30. The summed E-state index contributed by atoms with van der Waals surface area (Å²) >= 11 is 6.33. The lowest BCUT2D eigenvalue weighted by Gasteiger charge is -2.25. The zero-order chi connectivity index (χ0) is 24.1. The number of aliphatic hydroxyl groups is 1. The average molecular weight is 472 g/mol. The minimum atomic E-state index is -0.721. The largest absolute Gasteiger partial charge is 0.507 e. The van der Waals surface area contributed by atoms with Crippen molar-refractivity contribution in [3.8, 4) is 11.5 Å². The number of aliphatic hydroxyl groups excluding tert-OH is 1. The first-order valence-corrected chi connectivity index (χ1v) is 11.6. The lowest BCUT2D eigenvalue weighted by molar-refractivity contribution is -0.139. The number of nitrogens with zero attached hydrogens (tertiary/aromatic N) is 1. The van der Waals surface area contributed by atoms with Crippen LogP contribution in [0.4, 0.5) is 0 Å². The highest BCUT2D eigenvalue weighted by Crippen LogP contribution is 2.43. The van der Waals surface area contributed by atoms with Gasteiger partial charge in [0.1, 0.15) is 17.3 Å². The van der Waals surface area contributed by atoms with Crippen LogP contribution in [0, 0.1) is 6.92 Å². The number of unbranched alkanes of at least 4 members (excludes halogenated alkanes) is 2. The van der Waals surface area contributed by atoms with Gasteiger partial charge in [-0.25, -0.2) is 0 Å². The number of amides is 1. The molecule has 1 amide bonds. The summed E-state index contributed by atoms with van der Waals surface area (Å²) in [6, 6.07) is 9.93. The Balaban J connectivity index is 2.18. The molecule has 1 unspecified atom stereocenters. The highest BCUT2D eigenvalue weighted by molar-refractivity contribution is 6.46. The third-order valence-electron chi connectivity index (χ3n) is 5.70. The van der Waals surface area contributed by atoms with E-state index in [0.29, 0.717) is 29.5 Å². The smallest absolute Gasteiger partial charge is 0.295 e. The molecule has 0 bridgehead atoms. The molecule has 7 heteroatoms. The summed E-state index contributed by atoms with van der Waals surface area (Å²) in [7, 11) is 1.45. The number of rotatable bonds is 9. The Morgan fingerprint density at radius 1 is 1.12 bits per heavy atom. The van der Waals surface area contributed by atoms with Crippen molar-refractivity contribution in [1.82, 2.24) is 4.90 Å². The molecular formula is C26H30ClNO5. The molecule has 0 radical (unpaired) electrons. The van der Waals surface area contributed by atoms with Crippen LogP contribution in [0.1, 0.15) is 55.8 Å². The molecule has 1 N–H and O–H groups in total. The van der Waals surface area contributed by atoms with E-state index < -0.39 is 17.7 Å². The summed E-state index contributed by atoms with van der Waals surface area (Å²) in [5, 5.41) is 11.7. The number of benzene rings is 2. The van der Waals surface area contributed by atoms with Gasteiger partial charge in [-0.15, -0.1) is 0 Å². The van der Waals surface area contributed by atoms with Gasteiger partial charge in [-0.3, -0.25) is 9.59 Å². The number of methoxy groups -OCH3 is 1. The van der Waals surface area contributed by atoms with E-state index in [1.54, 1.807) is 29.2 Å². The molecule has 0 saturated carbocycles. The van der Waals surface area contributed by atoms with E-state index in [9.17, 15) is 14.7 Å². The number of likely N-dealkylation sites (tertiary alicyclic amines) is 1. The molecule has 0 aromatic heterocycles. The van der Waals surface area contributed by atoms with Crippen LogP contribution in [0.25, 0.3) is 5.76 Å². The zero-order valence-corrected chi connectivity index (χ0v) is 20.2. The minimum absolute atomic E-state index is 0.0284. The maximum Gasteiger partial charge on any atom is 0.295 e. The Labute approximate surface area is 199 Å². The predicted octanol–water partition coefficient (Wildman–Crippen LogP) is 5.67. The topological polar surface area (TPSA) is 76.1 Å². The maximum atomic E-state index is 13.2. The van der Waals surface area contributed by atoms with Crippen LogP contribution in [0.5, 0.6) is 11.5 Å². The van der Waals surface area contributed by atoms with Gasteiger partial charge in [0.2, 0.25) is 0 Å². The number of carbonyl (C=O) groups excluding carboxylic acids is 2. The molecule has 3 rings (SSSR count). The summed E-state index contributed by atoms with van der Waals surface area (Å²) in [6.45, 7) is 6.75. The van der Waals surface area contributed by atoms with E-state index in [1.807, 2.05) is 26.0 Å². The first-order chi connectivity index (χ1) is 15.8. The van der Waals surface area contributed by atoms with E-state index >= 15 is 0 Å². The van der Waals surface area contributed by atoms with Crippen LogP contribution in [-0.2, 0) is 9.59 Å². The van der Waals surface area contributed by atoms with E-state index in [1.165, 1.54) is 7.11 Å². The Morgan fingerprint density at radius 2 is 1.82 bits per heavy atom. The first-order valence-electron chi connectivity index (χ1n) is 11.2. The Kier molecular flexibility index (Phi) is 8.03. The van der Waals surface area contributed by atoms with Gasteiger partial charge in [0, 0.05) is 6.54 Å². The number of ether oxygens (including phenoxy) is 2. The summed E-state index contributed by atoms with van der Waals surface area (Å²) in [4.78, 5) is 27.8. The molecule has 1 aliphatic rings. The number of hydrogen-bond donors (Lipinski definition) is 1. The van der Waals surface area contributed by atoms with Crippen LogP contribution in [-0.4, -0.2) is 42.0 Å². The summed E-state index contributed by atoms with van der Waals surface area (Å²) in [5.41, 5.74) is 1.82. The van der Waals surface area contributed by atoms with Crippen molar-refractivity contribution in [1.29, 1.82) is 0 Å². The van der Waals surface area contributed by atoms with Gasteiger partial charge in [-0.1, -0.05) is 43.5 Å². The zero-order valence-electron chi connectivity index (χ0n) is 19.5. The molecule has 1 atom stereocenters. The van der Waals surface area contributed by atoms with Crippen molar-refractivity contribution in [3.63, 3.8) is 0 Å². The van der Waals surface area contributed by atoms with E-state index in [0.717, 1.165) is 24.8 Å². The molecule has 2 aromatic rings. The van der Waals surface area contributed by atoms with Gasteiger partial charge in [0.15, 0.2) is 0 Å². The van der Waals surface area contributed by atoms with Crippen LogP contribution in [0.2, 0.25) is 5.02 Å². The normalized spacial score (nSPS) is 17.5. The van der Waals surface area contributed by atoms with Crippen LogP contribution >= 0.6 is 11.6 Å². The minimum Gasteiger partial charge on any atom is -0.507 e. The summed E-state index contributed by atoms with van der Waals surface area (Å²) in [6.07, 6.45) is 2.67. The summed E-state index contributed by atoms with van der Waals surface area (Å²) < 4.78 is 10.9. The summed E-state index contributed by atoms with van der Waals surface area (Å²) in [5.74, 6) is -0.696. The first kappa shape index (κ1) is 24.6. The van der Waals surface area contributed by atoms with Gasteiger partial charge in [0.25, 0.3) is 11.7 Å². The van der Waals surface area contributed by atoms with E-state index in [2.05, 4.69) is 6.92 Å². The number of Topliss-reactive ketones (excluding diaryl/α,β-unsaturated/α-hetero) is 1. The van der Waals surface area contributed by atoms with Gasteiger partial charge in [-0.05, 0) is 55.7 Å². The third kappa shape index (κ3) is 5.01. The van der Waals surface area contributed by atoms with Crippen molar-refractivity contribution in [3.05, 3.63) is 63.7 Å². The molecule has 0 aliphatic carbocycles. The Bertz CT molecular complexity index is 1060. The second-order valence-corrected chi connectivity index (χ2v) is 8.44. The van der Waals surface area contributed by atoms with Gasteiger partial charge in [-0.2, -0.15) is 0 Å². The Hall–Kier alpha value is -2.99. The number of halogens is 1. The van der Waals surface area contributed by atoms with Crippen LogP contribution in [0.3, 0.4) is 0 Å². The van der Waals surface area contributed by atoms with E-state index in [-0.39, 0.29) is 22.6 Å². The number of aryl methyl sites for hydroxylation is 1. The van der Waals surface area contributed by atoms with Crippen LogP contribution < -0.4 is 9.47 Å². The average Bonchev–Trinajstić information content (AvgIpc) is 3.04. The SMILES string of the molecule is CCCCCN1C(=O)C(=O)/C(=C(/O)c2cc(C)cc(Cl)c2OC)C1c1ccc(OCC)cc1. The second kappa shape index (κ2) is 10.8. The standard InChI is InChI=1S/C26H30ClNO5/c1-5-7-8-13-28-22(17-9-11-18(12-10-17)33-6-2)21(24(30)26(28)31)23(29)19-14-16(3)15-20(27)25(19)32-4/h9-12,14-15,22,29H,5-8,13H2,1-4H3/b23-21+. The second-order valence-electron chi connectivity index (χ2n) is 8.03. The highest BCUT2D eigenvalue weighted by atomic mass is 35.5. The quantitative estimate of drug-likeness (QED) is 0.221. The number of carbonyl (C=O) groups is 2. The van der Waals surface area contributed by atoms with E-state index in [4.69, 9.17) is 21.1 Å². The van der Waals surface area contributed by atoms with Gasteiger partial charge in [0.05, 0.1) is 35.9 Å². The van der Waals surface area contributed by atoms with Crippen LogP contribution in [0.15, 0.2) is 42.0 Å². The molecule has 0 spiro atoms.